The summed E-state index contributed by atoms with van der Waals surface area (Å²) in [5, 5.41) is 13.4. The maximum absolute atomic E-state index is 10.3. The Labute approximate surface area is 308 Å². The van der Waals surface area contributed by atoms with Gasteiger partial charge in [0.2, 0.25) is 0 Å². The van der Waals surface area contributed by atoms with E-state index >= 15 is 0 Å². The fourth-order valence-corrected chi connectivity index (χ4v) is 8.30. The molecule has 304 valence electrons. The lowest BCUT2D eigenvalue weighted by atomic mass is 10.1. The lowest BCUT2D eigenvalue weighted by Gasteiger charge is -2.26. The van der Waals surface area contributed by atoms with E-state index in [9.17, 15) is 5.11 Å². The summed E-state index contributed by atoms with van der Waals surface area (Å²) in [5.41, 5.74) is 15.2. The molecule has 1 heterocycles. The van der Waals surface area contributed by atoms with Crippen molar-refractivity contribution in [3.05, 3.63) is 0 Å². The predicted molar refractivity (Wildman–Crippen MR) is 205 cm³/mol. The average molecular weight is 761 g/mol. The molecule has 0 radical (unpaired) electrons. The predicted octanol–water partition coefficient (Wildman–Crippen LogP) is 3.78. The van der Waals surface area contributed by atoms with Crippen molar-refractivity contribution in [2.24, 2.45) is 17.2 Å². The van der Waals surface area contributed by atoms with Crippen LogP contribution in [0.2, 0.25) is 12.1 Å². The highest BCUT2D eigenvalue weighted by Crippen LogP contribution is 2.16. The molecule has 8 N–H and O–H groups in total. The van der Waals surface area contributed by atoms with Crippen LogP contribution in [0, 0.1) is 0 Å². The van der Waals surface area contributed by atoms with Crippen LogP contribution in [-0.4, -0.2) is 136 Å². The zero-order valence-electron chi connectivity index (χ0n) is 33.1. The van der Waals surface area contributed by atoms with Gasteiger partial charge in [-0.2, -0.15) is 0 Å². The van der Waals surface area contributed by atoms with Crippen LogP contribution in [0.4, 0.5) is 0 Å². The second kappa shape index (κ2) is 35.9. The van der Waals surface area contributed by atoms with Crippen molar-refractivity contribution in [1.29, 1.82) is 0 Å². The molecule has 2 unspecified atom stereocenters. The van der Waals surface area contributed by atoms with Crippen molar-refractivity contribution in [2.45, 2.75) is 121 Å². The number of unbranched alkanes of at least 4 members (excludes halogenated alkanes) is 10. The number of rotatable bonds is 34. The summed E-state index contributed by atoms with van der Waals surface area (Å²) in [6.45, 7) is 8.03. The number of aliphatic hydroxyl groups is 1. The minimum atomic E-state index is -2.52. The summed E-state index contributed by atoms with van der Waals surface area (Å²) in [4.78, 5) is 0. The van der Waals surface area contributed by atoms with Crippen LogP contribution in [0.3, 0.4) is 0 Å². The van der Waals surface area contributed by atoms with Crippen LogP contribution in [0.5, 0.6) is 0 Å². The molecular weight excluding hydrogens is 681 g/mol. The first-order chi connectivity index (χ1) is 24.1. The van der Waals surface area contributed by atoms with Gasteiger partial charge in [-0.1, -0.05) is 51.4 Å². The number of ether oxygens (including phenoxy) is 3. The molecule has 0 aromatic carbocycles. The van der Waals surface area contributed by atoms with Crippen molar-refractivity contribution < 1.29 is 45.9 Å². The zero-order valence-corrected chi connectivity index (χ0v) is 35.1. The number of hydrogen-bond acceptors (Lipinski definition) is 14. The third kappa shape index (κ3) is 31.4. The van der Waals surface area contributed by atoms with Gasteiger partial charge in [-0.3, -0.25) is 5.32 Å². The number of nitrogens with two attached hydrogens (primary N) is 3. The van der Waals surface area contributed by atoms with Crippen LogP contribution in [0.15, 0.2) is 0 Å². The summed E-state index contributed by atoms with van der Waals surface area (Å²) >= 11 is 0. The Morgan fingerprint density at radius 3 is 1.32 bits per heavy atom. The van der Waals surface area contributed by atoms with E-state index in [-0.39, 0.29) is 6.61 Å². The van der Waals surface area contributed by atoms with Crippen molar-refractivity contribution in [3.63, 3.8) is 0 Å². The third-order valence-corrected chi connectivity index (χ3v) is 14.0. The molecule has 1 aliphatic heterocycles. The maximum Gasteiger partial charge on any atom is 0.500 e. The second-order valence-corrected chi connectivity index (χ2v) is 18.9. The number of nitrogens with one attached hydrogen (secondary N) is 1. The van der Waals surface area contributed by atoms with Crippen LogP contribution in [-0.2, 0) is 40.8 Å². The molecule has 0 amide bonds. The molecule has 0 bridgehead atoms. The smallest absolute Gasteiger partial charge is 0.379 e. The first kappa shape index (κ1) is 52.0. The fraction of sp³-hybridized carbons (Fsp3) is 1.00. The molecule has 16 heteroatoms. The summed E-state index contributed by atoms with van der Waals surface area (Å²) in [5.74, 6) is 0. The molecule has 0 spiro atoms. The molecule has 0 aromatic rings. The highest BCUT2D eigenvalue weighted by atomic mass is 28.4. The lowest BCUT2D eigenvalue weighted by Crippen LogP contribution is -2.47. The van der Waals surface area contributed by atoms with Crippen LogP contribution in [0.25, 0.3) is 0 Å². The van der Waals surface area contributed by atoms with Crippen molar-refractivity contribution in [1.82, 2.24) is 5.32 Å². The SMILES string of the molecule is CO[Si](CCCOCC(C)(O)NCCCCCCCCN)(OC)OC.CO[Si](CCCOCC1CO1)(OC)OC.NCCCCCCCCN. The molecular formula is C34H80N4O10Si2. The molecule has 0 saturated carbocycles. The Balaban J connectivity index is 0. The third-order valence-electron chi connectivity index (χ3n) is 8.29. The molecule has 14 nitrogen and oxygen atoms in total. The summed E-state index contributed by atoms with van der Waals surface area (Å²) in [7, 11) is 4.77. The van der Waals surface area contributed by atoms with Crippen LogP contribution < -0.4 is 22.5 Å². The standard InChI is InChI=1S/C17H40N2O5Si.C9H20O5Si.C8H20N2/c1-17(20,19-13-10-8-6-5-7-9-12-18)16-24-14-11-15-25(21-2,22-3)23-4;1-10-15(11-2,12-3)6-4-5-13-7-9-8-14-9;9-7-5-3-1-2-4-6-8-10/h19-20H,5-16,18H2,1-4H3;9H,4-8H2,1-3H3;1-10H2. The Bertz CT molecular complexity index is 672. The van der Waals surface area contributed by atoms with E-state index in [1.807, 2.05) is 0 Å². The van der Waals surface area contributed by atoms with E-state index in [1.54, 1.807) is 49.6 Å². The molecule has 50 heavy (non-hydrogen) atoms. The average Bonchev–Trinajstić information content (AvgIpc) is 3.96. The number of hydrogen-bond donors (Lipinski definition) is 5. The number of epoxide rings is 1. The summed E-state index contributed by atoms with van der Waals surface area (Å²) in [6, 6.07) is 1.47. The molecule has 1 aliphatic rings. The monoisotopic (exact) mass is 761 g/mol. The van der Waals surface area contributed by atoms with Gasteiger partial charge in [0.05, 0.1) is 19.8 Å². The minimum Gasteiger partial charge on any atom is -0.379 e. The van der Waals surface area contributed by atoms with Gasteiger partial charge in [-0.05, 0) is 71.6 Å². The van der Waals surface area contributed by atoms with Gasteiger partial charge in [-0.25, -0.2) is 0 Å². The Hall–Kier alpha value is -0.126. The normalized spacial score (nSPS) is 15.5. The molecule has 1 saturated heterocycles. The lowest BCUT2D eigenvalue weighted by molar-refractivity contribution is -0.0565. The van der Waals surface area contributed by atoms with Gasteiger partial charge in [0, 0.05) is 68.0 Å². The van der Waals surface area contributed by atoms with Gasteiger partial charge < -0.3 is 63.1 Å². The van der Waals surface area contributed by atoms with Gasteiger partial charge in [0.25, 0.3) is 0 Å². The Morgan fingerprint density at radius 1 is 0.600 bits per heavy atom. The van der Waals surface area contributed by atoms with Crippen molar-refractivity contribution in [2.75, 3.05) is 102 Å². The van der Waals surface area contributed by atoms with E-state index in [1.165, 1.54) is 64.2 Å². The highest BCUT2D eigenvalue weighted by molar-refractivity contribution is 6.60. The van der Waals surface area contributed by atoms with Gasteiger partial charge in [0.15, 0.2) is 0 Å². The van der Waals surface area contributed by atoms with Crippen LogP contribution in [0.1, 0.15) is 96.8 Å². The van der Waals surface area contributed by atoms with E-state index in [0.29, 0.717) is 32.0 Å². The molecule has 0 aromatic heterocycles. The fourth-order valence-electron chi connectivity index (χ4n) is 4.92. The van der Waals surface area contributed by atoms with E-state index in [2.05, 4.69) is 5.32 Å². The van der Waals surface area contributed by atoms with E-state index in [0.717, 1.165) is 64.5 Å². The van der Waals surface area contributed by atoms with Gasteiger partial charge in [-0.15, -0.1) is 0 Å². The molecule has 1 fully saturated rings. The Kier molecular flexibility index (Phi) is 37.3. The Morgan fingerprint density at radius 2 is 0.960 bits per heavy atom. The quantitative estimate of drug-likeness (QED) is 0.0275. The molecule has 0 aliphatic carbocycles. The zero-order chi connectivity index (χ0) is 37.8. The van der Waals surface area contributed by atoms with Gasteiger partial charge >= 0.3 is 17.6 Å². The first-order valence-corrected chi connectivity index (χ1v) is 22.6. The minimum absolute atomic E-state index is 0.255. The summed E-state index contributed by atoms with van der Waals surface area (Å²) < 4.78 is 48.0. The largest absolute Gasteiger partial charge is 0.500 e. The summed E-state index contributed by atoms with van der Waals surface area (Å²) in [6.07, 6.45) is 16.6. The van der Waals surface area contributed by atoms with E-state index in [4.69, 9.17) is 58.0 Å². The van der Waals surface area contributed by atoms with Crippen molar-refractivity contribution >= 4 is 17.6 Å². The topological polar surface area (TPSA) is 197 Å². The van der Waals surface area contributed by atoms with Crippen molar-refractivity contribution in [3.8, 4) is 0 Å². The molecule has 2 atom stereocenters. The highest BCUT2D eigenvalue weighted by Gasteiger charge is 2.37. The van der Waals surface area contributed by atoms with Gasteiger partial charge in [0.1, 0.15) is 11.8 Å². The van der Waals surface area contributed by atoms with E-state index < -0.39 is 23.3 Å². The first-order valence-electron chi connectivity index (χ1n) is 18.8. The maximum atomic E-state index is 10.3. The second-order valence-electron chi connectivity index (χ2n) is 12.7. The molecule has 1 rings (SSSR count). The van der Waals surface area contributed by atoms with Crippen LogP contribution >= 0.6 is 0 Å².